The van der Waals surface area contributed by atoms with E-state index in [9.17, 15) is 14.9 Å². The molecule has 0 aliphatic carbocycles. The number of nitrogens with zero attached hydrogens (tertiary/aromatic N) is 3. The van der Waals surface area contributed by atoms with Crippen LogP contribution in [0.25, 0.3) is 0 Å². The number of hydrogen-bond donors (Lipinski definition) is 1. The molecule has 4 rings (SSSR count). The number of benzene rings is 3. The van der Waals surface area contributed by atoms with Crippen LogP contribution in [0.2, 0.25) is 0 Å². The minimum absolute atomic E-state index is 0.0444. The van der Waals surface area contributed by atoms with Crippen LogP contribution in [0.3, 0.4) is 0 Å². The van der Waals surface area contributed by atoms with Crippen LogP contribution in [0.15, 0.2) is 103 Å². The van der Waals surface area contributed by atoms with E-state index in [1.54, 1.807) is 0 Å². The standard InChI is InChI=1S/C26H24N4O4/c1-34-24(31)23(19-29-18-17-27-25(29)30(32)33)28-26(20-11-5-2-6-12-20,21-13-7-3-8-14-21)22-15-9-4-10-16-22/h2-18,23,28H,19H2,1H3/t23-/m0/s1. The van der Waals surface area contributed by atoms with Crippen LogP contribution >= 0.6 is 0 Å². The second-order valence-corrected chi connectivity index (χ2v) is 7.70. The number of carbonyl (C=O) groups excluding carboxylic acids is 1. The highest BCUT2D eigenvalue weighted by Crippen LogP contribution is 2.37. The number of rotatable bonds is 9. The third-order valence-electron chi connectivity index (χ3n) is 5.73. The quantitative estimate of drug-likeness (QED) is 0.177. The number of methoxy groups -OCH3 is 1. The normalized spacial score (nSPS) is 12.1. The van der Waals surface area contributed by atoms with Crippen molar-refractivity contribution in [3.8, 4) is 0 Å². The van der Waals surface area contributed by atoms with Crippen molar-refractivity contribution in [2.24, 2.45) is 0 Å². The topological polar surface area (TPSA) is 99.3 Å². The molecular formula is C26H24N4O4. The summed E-state index contributed by atoms with van der Waals surface area (Å²) in [4.78, 5) is 27.7. The molecule has 1 N–H and O–H groups in total. The Kier molecular flexibility index (Phi) is 6.79. The lowest BCUT2D eigenvalue weighted by Gasteiger charge is -2.39. The SMILES string of the molecule is COC(=O)[C@H](Cn1ccnc1[N+](=O)[O-])NC(c1ccccc1)(c1ccccc1)c1ccccc1. The summed E-state index contributed by atoms with van der Waals surface area (Å²) in [6.07, 6.45) is 2.82. The Bertz CT molecular complexity index is 1150. The van der Waals surface area contributed by atoms with Gasteiger partial charge in [0.05, 0.1) is 19.2 Å². The average molecular weight is 457 g/mol. The van der Waals surface area contributed by atoms with Crippen molar-refractivity contribution in [2.45, 2.75) is 18.1 Å². The smallest absolute Gasteiger partial charge is 0.434 e. The maximum absolute atomic E-state index is 13.0. The van der Waals surface area contributed by atoms with Crippen LogP contribution in [0.4, 0.5) is 5.95 Å². The van der Waals surface area contributed by atoms with E-state index >= 15 is 0 Å². The van der Waals surface area contributed by atoms with Crippen molar-refractivity contribution >= 4 is 11.9 Å². The third-order valence-corrected chi connectivity index (χ3v) is 5.73. The Morgan fingerprint density at radius 1 is 0.971 bits per heavy atom. The number of esters is 1. The molecule has 1 heterocycles. The number of aromatic nitrogens is 2. The largest absolute Gasteiger partial charge is 0.468 e. The van der Waals surface area contributed by atoms with Gasteiger partial charge in [-0.05, 0) is 21.6 Å². The Morgan fingerprint density at radius 3 is 1.85 bits per heavy atom. The van der Waals surface area contributed by atoms with Crippen molar-refractivity contribution in [2.75, 3.05) is 7.11 Å². The highest BCUT2D eigenvalue weighted by atomic mass is 16.6. The predicted octanol–water partition coefficient (Wildman–Crippen LogP) is 3.91. The summed E-state index contributed by atoms with van der Waals surface area (Å²) in [5.74, 6) is -0.893. The molecule has 8 heteroatoms. The van der Waals surface area contributed by atoms with E-state index in [0.29, 0.717) is 0 Å². The van der Waals surface area contributed by atoms with E-state index < -0.39 is 22.5 Å². The van der Waals surface area contributed by atoms with E-state index in [1.807, 2.05) is 91.0 Å². The lowest BCUT2D eigenvalue weighted by atomic mass is 9.76. The van der Waals surface area contributed by atoms with Crippen LogP contribution in [-0.4, -0.2) is 33.6 Å². The lowest BCUT2D eigenvalue weighted by molar-refractivity contribution is -0.396. The van der Waals surface area contributed by atoms with Gasteiger partial charge in [0.2, 0.25) is 0 Å². The summed E-state index contributed by atoms with van der Waals surface area (Å²) in [7, 11) is 1.30. The van der Waals surface area contributed by atoms with Crippen molar-refractivity contribution in [3.63, 3.8) is 0 Å². The van der Waals surface area contributed by atoms with Crippen LogP contribution < -0.4 is 5.32 Å². The molecule has 0 aliphatic heterocycles. The first-order chi connectivity index (χ1) is 16.6. The molecule has 0 radical (unpaired) electrons. The zero-order valence-corrected chi connectivity index (χ0v) is 18.6. The molecule has 0 bridgehead atoms. The fraction of sp³-hybridized carbons (Fsp3) is 0.154. The Hall–Kier alpha value is -4.30. The van der Waals surface area contributed by atoms with E-state index in [4.69, 9.17) is 4.74 Å². The first kappa shape index (κ1) is 22.9. The fourth-order valence-corrected chi connectivity index (χ4v) is 4.21. The maximum Gasteiger partial charge on any atom is 0.434 e. The molecule has 4 aromatic rings. The summed E-state index contributed by atoms with van der Waals surface area (Å²) >= 11 is 0. The highest BCUT2D eigenvalue weighted by molar-refractivity contribution is 5.76. The molecule has 0 spiro atoms. The number of imidazole rings is 1. The van der Waals surface area contributed by atoms with E-state index in [1.165, 1.54) is 24.1 Å². The van der Waals surface area contributed by atoms with Crippen molar-refractivity contribution < 1.29 is 14.5 Å². The van der Waals surface area contributed by atoms with Crippen molar-refractivity contribution in [3.05, 3.63) is 130 Å². The molecule has 8 nitrogen and oxygen atoms in total. The molecule has 0 amide bonds. The monoisotopic (exact) mass is 456 g/mol. The molecule has 0 aliphatic rings. The van der Waals surface area contributed by atoms with Crippen molar-refractivity contribution in [1.29, 1.82) is 0 Å². The summed E-state index contributed by atoms with van der Waals surface area (Å²) in [5, 5.41) is 15.0. The molecular weight excluding hydrogens is 432 g/mol. The molecule has 34 heavy (non-hydrogen) atoms. The van der Waals surface area contributed by atoms with Crippen LogP contribution in [0.1, 0.15) is 16.7 Å². The first-order valence-electron chi connectivity index (χ1n) is 10.7. The average Bonchev–Trinajstić information content (AvgIpc) is 3.36. The molecule has 3 aromatic carbocycles. The van der Waals surface area contributed by atoms with E-state index in [2.05, 4.69) is 10.3 Å². The Morgan fingerprint density at radius 2 is 1.44 bits per heavy atom. The second-order valence-electron chi connectivity index (χ2n) is 7.70. The second kappa shape index (κ2) is 10.1. The van der Waals surface area contributed by atoms with Gasteiger partial charge in [-0.2, -0.15) is 0 Å². The van der Waals surface area contributed by atoms with Crippen molar-refractivity contribution in [1.82, 2.24) is 14.9 Å². The zero-order valence-electron chi connectivity index (χ0n) is 18.6. The fourth-order valence-electron chi connectivity index (χ4n) is 4.21. The van der Waals surface area contributed by atoms with Gasteiger partial charge < -0.3 is 14.9 Å². The molecule has 0 saturated carbocycles. The number of carbonyl (C=O) groups is 1. The number of ether oxygens (including phenoxy) is 1. The lowest BCUT2D eigenvalue weighted by Crippen LogP contribution is -2.54. The van der Waals surface area contributed by atoms with Gasteiger partial charge in [0.1, 0.15) is 18.4 Å². The Labute approximate surface area is 197 Å². The number of hydrogen-bond acceptors (Lipinski definition) is 6. The summed E-state index contributed by atoms with van der Waals surface area (Å²) in [5.41, 5.74) is 1.77. The Balaban J connectivity index is 1.90. The van der Waals surface area contributed by atoms with E-state index in [-0.39, 0.29) is 12.5 Å². The molecule has 1 atom stereocenters. The molecule has 1 aromatic heterocycles. The van der Waals surface area contributed by atoms with Gasteiger partial charge in [-0.25, -0.2) is 4.57 Å². The number of nitro groups is 1. The van der Waals surface area contributed by atoms with Gasteiger partial charge in [-0.15, -0.1) is 0 Å². The van der Waals surface area contributed by atoms with Gasteiger partial charge in [0.15, 0.2) is 0 Å². The number of nitrogens with one attached hydrogen (secondary N) is 1. The van der Waals surface area contributed by atoms with Gasteiger partial charge in [-0.1, -0.05) is 96.0 Å². The maximum atomic E-state index is 13.0. The minimum Gasteiger partial charge on any atom is -0.468 e. The van der Waals surface area contributed by atoms with Crippen LogP contribution in [-0.2, 0) is 21.6 Å². The third kappa shape index (κ3) is 4.44. The summed E-state index contributed by atoms with van der Waals surface area (Å²) < 4.78 is 6.44. The van der Waals surface area contributed by atoms with Crippen LogP contribution in [0.5, 0.6) is 0 Å². The minimum atomic E-state index is -0.946. The molecule has 0 saturated heterocycles. The van der Waals surface area contributed by atoms with Gasteiger partial charge >= 0.3 is 11.9 Å². The summed E-state index contributed by atoms with van der Waals surface area (Å²) in [6.45, 7) is -0.0444. The van der Waals surface area contributed by atoms with Gasteiger partial charge in [-0.3, -0.25) is 10.1 Å². The molecule has 172 valence electrons. The van der Waals surface area contributed by atoms with Gasteiger partial charge in [0.25, 0.3) is 0 Å². The highest BCUT2D eigenvalue weighted by Gasteiger charge is 2.41. The zero-order chi connectivity index (χ0) is 24.0. The molecule has 0 unspecified atom stereocenters. The molecule has 0 fully saturated rings. The predicted molar refractivity (Wildman–Crippen MR) is 127 cm³/mol. The first-order valence-corrected chi connectivity index (χ1v) is 10.7. The summed E-state index contributed by atoms with van der Waals surface area (Å²) in [6, 6.07) is 28.4. The van der Waals surface area contributed by atoms with Crippen LogP contribution in [0, 0.1) is 10.1 Å². The van der Waals surface area contributed by atoms with Gasteiger partial charge in [0, 0.05) is 0 Å². The van der Waals surface area contributed by atoms with E-state index in [0.717, 1.165) is 16.7 Å².